The second-order valence-electron chi connectivity index (χ2n) is 7.99. The Morgan fingerprint density at radius 3 is 2.00 bits per heavy atom. The molecule has 0 saturated heterocycles. The molecule has 5 nitrogen and oxygen atoms in total. The Balaban J connectivity index is 5.30. The number of aliphatic hydroxyl groups excluding tert-OH is 4. The third-order valence-electron chi connectivity index (χ3n) is 5.94. The normalized spacial score (nSPS) is 18.7. The maximum Gasteiger partial charge on any atom is 0.106 e. The van der Waals surface area contributed by atoms with Crippen LogP contribution in [0.4, 0.5) is 0 Å². The van der Waals surface area contributed by atoms with E-state index >= 15 is 0 Å². The van der Waals surface area contributed by atoms with Crippen LogP contribution in [0.25, 0.3) is 0 Å². The van der Waals surface area contributed by atoms with Crippen molar-refractivity contribution in [2.45, 2.75) is 122 Å². The minimum absolute atomic E-state index is 0.361. The van der Waals surface area contributed by atoms with Gasteiger partial charge in [-0.3, -0.25) is 0 Å². The van der Waals surface area contributed by atoms with Crippen LogP contribution in [0.1, 0.15) is 98.3 Å². The zero-order valence-corrected chi connectivity index (χ0v) is 18.2. The second kappa shape index (κ2) is 15.7. The summed E-state index contributed by atoms with van der Waals surface area (Å²) < 4.78 is 6.37. The Bertz CT molecular complexity index is 339. The summed E-state index contributed by atoms with van der Waals surface area (Å²) in [6, 6.07) is 0. The third-order valence-corrected chi connectivity index (χ3v) is 5.94. The Labute approximate surface area is 167 Å². The Morgan fingerprint density at radius 2 is 1.52 bits per heavy atom. The molecule has 0 bridgehead atoms. The van der Waals surface area contributed by atoms with Crippen LogP contribution >= 0.6 is 0 Å². The molecule has 5 unspecified atom stereocenters. The largest absolute Gasteiger partial charge is 0.394 e. The van der Waals surface area contributed by atoms with Gasteiger partial charge >= 0.3 is 0 Å². The first-order valence-corrected chi connectivity index (χ1v) is 11.2. The van der Waals surface area contributed by atoms with E-state index in [1.54, 1.807) is 0 Å². The molecular weight excluding hydrogens is 344 g/mol. The highest BCUT2D eigenvalue weighted by Crippen LogP contribution is 2.33. The summed E-state index contributed by atoms with van der Waals surface area (Å²) in [5.74, 6) is 0.414. The lowest BCUT2D eigenvalue weighted by molar-refractivity contribution is -0.202. The highest BCUT2D eigenvalue weighted by atomic mass is 16.5. The SMILES string of the molecule is CCCCCCC(CC)(OC(CC(CC)CCCC)C(O)CO)C(O)CO. The van der Waals surface area contributed by atoms with Crippen LogP contribution in [0.15, 0.2) is 0 Å². The first-order chi connectivity index (χ1) is 12.9. The highest BCUT2D eigenvalue weighted by Gasteiger charge is 2.40. The standard InChI is InChI=1S/C22H46O5/c1-5-9-11-12-14-22(8-4,21(26)17-24)27-20(19(25)16-23)15-18(7-3)13-10-6-2/h18-21,23-26H,5-17H2,1-4H3. The predicted octanol–water partition coefficient (Wildman–Crippen LogP) is 3.80. The van der Waals surface area contributed by atoms with Gasteiger partial charge in [0.15, 0.2) is 0 Å². The van der Waals surface area contributed by atoms with Gasteiger partial charge < -0.3 is 25.2 Å². The molecular formula is C22H46O5. The van der Waals surface area contributed by atoms with Crippen LogP contribution in [-0.4, -0.2) is 57.6 Å². The quantitative estimate of drug-likeness (QED) is 0.267. The molecule has 0 aromatic carbocycles. The molecule has 5 heteroatoms. The second-order valence-corrected chi connectivity index (χ2v) is 7.99. The van der Waals surface area contributed by atoms with Crippen LogP contribution in [0, 0.1) is 5.92 Å². The predicted molar refractivity (Wildman–Crippen MR) is 111 cm³/mol. The van der Waals surface area contributed by atoms with Crippen molar-refractivity contribution in [1.82, 2.24) is 0 Å². The molecule has 5 atom stereocenters. The van der Waals surface area contributed by atoms with Crippen molar-refractivity contribution >= 4 is 0 Å². The Hall–Kier alpha value is -0.200. The average Bonchev–Trinajstić information content (AvgIpc) is 2.70. The minimum Gasteiger partial charge on any atom is -0.394 e. The van der Waals surface area contributed by atoms with Gasteiger partial charge in [0, 0.05) is 0 Å². The van der Waals surface area contributed by atoms with Gasteiger partial charge in [0.25, 0.3) is 0 Å². The fourth-order valence-electron chi connectivity index (χ4n) is 3.83. The first kappa shape index (κ1) is 26.8. The van der Waals surface area contributed by atoms with Crippen LogP contribution < -0.4 is 0 Å². The molecule has 0 saturated carbocycles. The summed E-state index contributed by atoms with van der Waals surface area (Å²) in [4.78, 5) is 0. The summed E-state index contributed by atoms with van der Waals surface area (Å²) in [6.07, 6.45) is 7.91. The van der Waals surface area contributed by atoms with Crippen molar-refractivity contribution in [3.63, 3.8) is 0 Å². The van der Waals surface area contributed by atoms with Crippen molar-refractivity contribution in [2.75, 3.05) is 13.2 Å². The smallest absolute Gasteiger partial charge is 0.106 e. The van der Waals surface area contributed by atoms with E-state index in [0.717, 1.165) is 51.4 Å². The van der Waals surface area contributed by atoms with Crippen LogP contribution in [0.5, 0.6) is 0 Å². The number of hydrogen-bond acceptors (Lipinski definition) is 5. The number of rotatable bonds is 18. The maximum atomic E-state index is 10.5. The van der Waals surface area contributed by atoms with Gasteiger partial charge in [-0.15, -0.1) is 0 Å². The van der Waals surface area contributed by atoms with E-state index in [1.807, 2.05) is 6.92 Å². The molecule has 164 valence electrons. The van der Waals surface area contributed by atoms with E-state index in [2.05, 4.69) is 20.8 Å². The zero-order chi connectivity index (χ0) is 20.7. The number of unbranched alkanes of at least 4 members (excludes halogenated alkanes) is 4. The minimum atomic E-state index is -0.992. The van der Waals surface area contributed by atoms with Crippen LogP contribution in [-0.2, 0) is 4.74 Å². The molecule has 0 aromatic rings. The number of ether oxygens (including phenoxy) is 1. The molecule has 27 heavy (non-hydrogen) atoms. The summed E-state index contributed by atoms with van der Waals surface area (Å²) >= 11 is 0. The Kier molecular flexibility index (Phi) is 15.6. The van der Waals surface area contributed by atoms with E-state index in [4.69, 9.17) is 4.74 Å². The summed E-state index contributed by atoms with van der Waals surface area (Å²) in [7, 11) is 0. The number of aliphatic hydroxyl groups is 4. The summed E-state index contributed by atoms with van der Waals surface area (Å²) in [5.41, 5.74) is -0.883. The van der Waals surface area contributed by atoms with Gasteiger partial charge in [0.2, 0.25) is 0 Å². The number of hydrogen-bond donors (Lipinski definition) is 4. The van der Waals surface area contributed by atoms with E-state index in [1.165, 1.54) is 0 Å². The van der Waals surface area contributed by atoms with Crippen molar-refractivity contribution < 1.29 is 25.2 Å². The van der Waals surface area contributed by atoms with Gasteiger partial charge in [0.05, 0.1) is 24.9 Å². The van der Waals surface area contributed by atoms with Gasteiger partial charge in [-0.25, -0.2) is 0 Å². The molecule has 0 spiro atoms. The van der Waals surface area contributed by atoms with Crippen molar-refractivity contribution in [3.8, 4) is 0 Å². The lowest BCUT2D eigenvalue weighted by Gasteiger charge is -2.41. The van der Waals surface area contributed by atoms with Gasteiger partial charge in [0.1, 0.15) is 12.2 Å². The molecule has 4 N–H and O–H groups in total. The average molecular weight is 391 g/mol. The van der Waals surface area contributed by atoms with Crippen molar-refractivity contribution in [1.29, 1.82) is 0 Å². The lowest BCUT2D eigenvalue weighted by atomic mass is 9.85. The van der Waals surface area contributed by atoms with Gasteiger partial charge in [-0.2, -0.15) is 0 Å². The molecule has 0 amide bonds. The summed E-state index contributed by atoms with van der Waals surface area (Å²) in [6.45, 7) is 7.69. The zero-order valence-electron chi connectivity index (χ0n) is 18.2. The van der Waals surface area contributed by atoms with E-state index in [0.29, 0.717) is 25.2 Å². The van der Waals surface area contributed by atoms with Crippen LogP contribution in [0.2, 0.25) is 0 Å². The van der Waals surface area contributed by atoms with Crippen molar-refractivity contribution in [2.24, 2.45) is 5.92 Å². The Morgan fingerprint density at radius 1 is 0.852 bits per heavy atom. The molecule has 0 aliphatic heterocycles. The van der Waals surface area contributed by atoms with Crippen LogP contribution in [0.3, 0.4) is 0 Å². The monoisotopic (exact) mass is 390 g/mol. The third kappa shape index (κ3) is 9.71. The molecule has 0 aliphatic carbocycles. The maximum absolute atomic E-state index is 10.5. The molecule has 0 heterocycles. The van der Waals surface area contributed by atoms with E-state index in [9.17, 15) is 20.4 Å². The fraction of sp³-hybridized carbons (Fsp3) is 1.00. The van der Waals surface area contributed by atoms with Gasteiger partial charge in [-0.1, -0.05) is 79.1 Å². The molecule has 0 radical (unpaired) electrons. The fourth-order valence-corrected chi connectivity index (χ4v) is 3.83. The first-order valence-electron chi connectivity index (χ1n) is 11.2. The van der Waals surface area contributed by atoms with E-state index in [-0.39, 0.29) is 13.2 Å². The molecule has 0 aliphatic rings. The highest BCUT2D eigenvalue weighted by molar-refractivity contribution is 4.90. The molecule has 0 rings (SSSR count). The summed E-state index contributed by atoms with van der Waals surface area (Å²) in [5, 5.41) is 40.1. The molecule has 0 fully saturated rings. The topological polar surface area (TPSA) is 90.2 Å². The van der Waals surface area contributed by atoms with E-state index < -0.39 is 23.9 Å². The molecule has 0 aromatic heterocycles. The lowest BCUT2D eigenvalue weighted by Crippen LogP contribution is -2.51. The van der Waals surface area contributed by atoms with Crippen molar-refractivity contribution in [3.05, 3.63) is 0 Å². The van der Waals surface area contributed by atoms with Gasteiger partial charge in [-0.05, 0) is 25.2 Å².